The first-order valence-electron chi connectivity index (χ1n) is 8.85. The predicted molar refractivity (Wildman–Crippen MR) is 91.8 cm³/mol. The second kappa shape index (κ2) is 7.35. The van der Waals surface area contributed by atoms with Crippen LogP contribution in [0.3, 0.4) is 0 Å². The highest BCUT2D eigenvalue weighted by molar-refractivity contribution is 5.81. The van der Waals surface area contributed by atoms with Gasteiger partial charge in [-0.2, -0.15) is 0 Å². The van der Waals surface area contributed by atoms with Crippen molar-refractivity contribution in [2.24, 2.45) is 0 Å². The standard InChI is InChI=1S/C19H28N2O2/c1-21-10-5-3-4-9-17(21)19(22)20-13-16-11-14-7-6-8-15(14)12-18(16)23-2/h11-12,17H,3-10,13H2,1-2H3,(H,20,22)/t17-/m1/s1. The van der Waals surface area contributed by atoms with Gasteiger partial charge in [-0.15, -0.1) is 0 Å². The lowest BCUT2D eigenvalue weighted by molar-refractivity contribution is -0.126. The SMILES string of the molecule is COc1cc2c(cc1CNC(=O)[C@H]1CCCCCN1C)CCC2. The molecule has 0 bridgehead atoms. The van der Waals surface area contributed by atoms with Crippen molar-refractivity contribution < 1.29 is 9.53 Å². The maximum atomic E-state index is 12.6. The summed E-state index contributed by atoms with van der Waals surface area (Å²) in [7, 11) is 3.77. The lowest BCUT2D eigenvalue weighted by Crippen LogP contribution is -2.44. The summed E-state index contributed by atoms with van der Waals surface area (Å²) in [5, 5.41) is 3.13. The molecular weight excluding hydrogens is 288 g/mol. The number of rotatable bonds is 4. The molecule has 0 saturated carbocycles. The molecule has 4 nitrogen and oxygen atoms in total. The molecule has 1 atom stereocenters. The van der Waals surface area contributed by atoms with Gasteiger partial charge in [-0.1, -0.05) is 18.9 Å². The monoisotopic (exact) mass is 316 g/mol. The molecule has 4 heteroatoms. The minimum atomic E-state index is 0.0120. The fraction of sp³-hybridized carbons (Fsp3) is 0.632. The van der Waals surface area contributed by atoms with Gasteiger partial charge < -0.3 is 10.1 Å². The van der Waals surface area contributed by atoms with Crippen LogP contribution in [0.4, 0.5) is 0 Å². The van der Waals surface area contributed by atoms with Crippen molar-refractivity contribution in [2.75, 3.05) is 20.7 Å². The van der Waals surface area contributed by atoms with Crippen LogP contribution in [0.25, 0.3) is 0 Å². The Morgan fingerprint density at radius 1 is 1.22 bits per heavy atom. The highest BCUT2D eigenvalue weighted by Crippen LogP contribution is 2.29. The van der Waals surface area contributed by atoms with E-state index in [1.165, 1.54) is 30.4 Å². The zero-order valence-corrected chi connectivity index (χ0v) is 14.4. The first-order chi connectivity index (χ1) is 11.2. The van der Waals surface area contributed by atoms with Gasteiger partial charge in [0.1, 0.15) is 5.75 Å². The molecule has 0 unspecified atom stereocenters. The average molecular weight is 316 g/mol. The summed E-state index contributed by atoms with van der Waals surface area (Å²) in [5.41, 5.74) is 3.92. The Morgan fingerprint density at radius 2 is 2.00 bits per heavy atom. The molecule has 1 fully saturated rings. The van der Waals surface area contributed by atoms with E-state index in [1.807, 2.05) is 0 Å². The molecular formula is C19H28N2O2. The van der Waals surface area contributed by atoms with E-state index < -0.39 is 0 Å². The van der Waals surface area contributed by atoms with Crippen LogP contribution in [-0.2, 0) is 24.2 Å². The predicted octanol–water partition coefficient (Wildman–Crippen LogP) is 2.67. The molecule has 1 aliphatic heterocycles. The molecule has 1 saturated heterocycles. The van der Waals surface area contributed by atoms with E-state index in [0.29, 0.717) is 6.54 Å². The van der Waals surface area contributed by atoms with E-state index in [-0.39, 0.29) is 11.9 Å². The number of ether oxygens (including phenoxy) is 1. The van der Waals surface area contributed by atoms with Crippen molar-refractivity contribution in [1.29, 1.82) is 0 Å². The summed E-state index contributed by atoms with van der Waals surface area (Å²) >= 11 is 0. The van der Waals surface area contributed by atoms with Crippen LogP contribution < -0.4 is 10.1 Å². The third-order valence-electron chi connectivity index (χ3n) is 5.27. The molecule has 1 N–H and O–H groups in total. The molecule has 1 aromatic rings. The molecule has 0 radical (unpaired) electrons. The highest BCUT2D eigenvalue weighted by atomic mass is 16.5. The molecule has 23 heavy (non-hydrogen) atoms. The van der Waals surface area contributed by atoms with Gasteiger partial charge in [-0.25, -0.2) is 0 Å². The first kappa shape index (κ1) is 16.3. The van der Waals surface area contributed by atoms with Crippen LogP contribution in [-0.4, -0.2) is 37.6 Å². The smallest absolute Gasteiger partial charge is 0.237 e. The van der Waals surface area contributed by atoms with Crippen molar-refractivity contribution in [3.8, 4) is 5.75 Å². The fourth-order valence-electron chi connectivity index (χ4n) is 3.86. The second-order valence-electron chi connectivity index (χ2n) is 6.85. The van der Waals surface area contributed by atoms with Crippen LogP contribution in [0.2, 0.25) is 0 Å². The summed E-state index contributed by atoms with van der Waals surface area (Å²) < 4.78 is 5.53. The fourth-order valence-corrected chi connectivity index (χ4v) is 3.86. The second-order valence-corrected chi connectivity index (χ2v) is 6.85. The van der Waals surface area contributed by atoms with Crippen LogP contribution in [0.5, 0.6) is 5.75 Å². The summed E-state index contributed by atoms with van der Waals surface area (Å²) in [6, 6.07) is 4.39. The van der Waals surface area contributed by atoms with E-state index in [2.05, 4.69) is 29.4 Å². The van der Waals surface area contributed by atoms with E-state index in [0.717, 1.165) is 43.5 Å². The van der Waals surface area contributed by atoms with E-state index in [9.17, 15) is 4.79 Å². The lowest BCUT2D eigenvalue weighted by atomic mass is 10.0. The largest absolute Gasteiger partial charge is 0.496 e. The van der Waals surface area contributed by atoms with Gasteiger partial charge in [-0.05, 0) is 62.9 Å². The number of fused-ring (bicyclic) bond motifs is 1. The third kappa shape index (κ3) is 3.69. The first-order valence-corrected chi connectivity index (χ1v) is 8.85. The van der Waals surface area contributed by atoms with Crippen LogP contribution in [0, 0.1) is 0 Å². The van der Waals surface area contributed by atoms with Gasteiger partial charge in [0.2, 0.25) is 5.91 Å². The number of likely N-dealkylation sites (tertiary alicyclic amines) is 1. The highest BCUT2D eigenvalue weighted by Gasteiger charge is 2.24. The van der Waals surface area contributed by atoms with Gasteiger partial charge in [0, 0.05) is 12.1 Å². The Bertz CT molecular complexity index is 571. The van der Waals surface area contributed by atoms with Gasteiger partial charge >= 0.3 is 0 Å². The summed E-state index contributed by atoms with van der Waals surface area (Å²) in [6.07, 6.45) is 8.04. The Kier molecular flexibility index (Phi) is 5.21. The molecule has 3 rings (SSSR count). The van der Waals surface area contributed by atoms with E-state index >= 15 is 0 Å². The van der Waals surface area contributed by atoms with Gasteiger partial charge in [-0.3, -0.25) is 9.69 Å². The Labute approximate surface area is 139 Å². The molecule has 1 amide bonds. The zero-order chi connectivity index (χ0) is 16.2. The van der Waals surface area contributed by atoms with E-state index in [4.69, 9.17) is 4.74 Å². The number of nitrogens with zero attached hydrogens (tertiary/aromatic N) is 1. The molecule has 1 aliphatic carbocycles. The van der Waals surface area contributed by atoms with E-state index in [1.54, 1.807) is 7.11 Å². The Hall–Kier alpha value is -1.55. The molecule has 0 aromatic heterocycles. The minimum absolute atomic E-state index is 0.0120. The number of nitrogens with one attached hydrogen (secondary N) is 1. The number of amides is 1. The lowest BCUT2D eigenvalue weighted by Gasteiger charge is -2.24. The normalized spacial score (nSPS) is 21.6. The number of carbonyl (C=O) groups excluding carboxylic acids is 1. The number of likely N-dealkylation sites (N-methyl/N-ethyl adjacent to an activating group) is 1. The number of benzene rings is 1. The summed E-state index contributed by atoms with van der Waals surface area (Å²) in [6.45, 7) is 1.57. The maximum absolute atomic E-state index is 12.6. The van der Waals surface area contributed by atoms with Crippen molar-refractivity contribution in [2.45, 2.75) is 57.5 Å². The van der Waals surface area contributed by atoms with Crippen LogP contribution in [0.1, 0.15) is 48.8 Å². The topological polar surface area (TPSA) is 41.6 Å². The summed E-state index contributed by atoms with van der Waals surface area (Å²) in [4.78, 5) is 14.8. The van der Waals surface area contributed by atoms with Crippen LogP contribution >= 0.6 is 0 Å². The van der Waals surface area contributed by atoms with Crippen molar-refractivity contribution in [3.05, 3.63) is 28.8 Å². The van der Waals surface area contributed by atoms with Crippen LogP contribution in [0.15, 0.2) is 12.1 Å². The zero-order valence-electron chi connectivity index (χ0n) is 14.4. The number of hydrogen-bond donors (Lipinski definition) is 1. The number of aryl methyl sites for hydroxylation is 2. The van der Waals surface area contributed by atoms with Gasteiger partial charge in [0.15, 0.2) is 0 Å². The van der Waals surface area contributed by atoms with Gasteiger partial charge in [0.25, 0.3) is 0 Å². The average Bonchev–Trinajstić information content (AvgIpc) is 2.90. The van der Waals surface area contributed by atoms with Crippen molar-refractivity contribution in [1.82, 2.24) is 10.2 Å². The Morgan fingerprint density at radius 3 is 2.78 bits per heavy atom. The maximum Gasteiger partial charge on any atom is 0.237 e. The molecule has 0 spiro atoms. The molecule has 126 valence electrons. The quantitative estimate of drug-likeness (QED) is 0.928. The minimum Gasteiger partial charge on any atom is -0.496 e. The number of methoxy groups -OCH3 is 1. The number of carbonyl (C=O) groups is 1. The molecule has 1 aromatic carbocycles. The van der Waals surface area contributed by atoms with Gasteiger partial charge in [0.05, 0.1) is 13.2 Å². The number of hydrogen-bond acceptors (Lipinski definition) is 3. The molecule has 1 heterocycles. The third-order valence-corrected chi connectivity index (χ3v) is 5.27. The summed E-state index contributed by atoms with van der Waals surface area (Å²) in [5.74, 6) is 1.05. The van der Waals surface area contributed by atoms with Crippen molar-refractivity contribution in [3.63, 3.8) is 0 Å². The van der Waals surface area contributed by atoms with Crippen molar-refractivity contribution >= 4 is 5.91 Å². The Balaban J connectivity index is 1.66. The molecule has 2 aliphatic rings.